The lowest BCUT2D eigenvalue weighted by molar-refractivity contribution is 1.29. The molecule has 0 radical (unpaired) electrons. The van der Waals surface area contributed by atoms with Crippen LogP contribution in [0.25, 0.3) is 6.08 Å². The number of fused-ring (bicyclic) bond motifs is 1. The second-order valence-corrected chi connectivity index (χ2v) is 2.73. The van der Waals surface area contributed by atoms with Gasteiger partial charge in [-0.2, -0.15) is 0 Å². The Morgan fingerprint density at radius 2 is 2.27 bits per heavy atom. The molecule has 1 nitrogen and oxygen atoms in total. The van der Waals surface area contributed by atoms with Gasteiger partial charge in [0.25, 0.3) is 0 Å². The number of anilines is 1. The largest absolute Gasteiger partial charge is 0.388 e. The minimum absolute atomic E-state index is 1.08. The van der Waals surface area contributed by atoms with Crippen LogP contribution in [0.1, 0.15) is 11.1 Å². The summed E-state index contributed by atoms with van der Waals surface area (Å²) in [6.07, 6.45) is 5.45. The number of hydrogen-bond donors (Lipinski definition) is 1. The second kappa shape index (κ2) is 2.42. The molecule has 1 aromatic carbocycles. The molecule has 0 unspecified atom stereocenters. The van der Waals surface area contributed by atoms with E-state index >= 15 is 0 Å². The van der Waals surface area contributed by atoms with E-state index in [1.807, 2.05) is 7.05 Å². The van der Waals surface area contributed by atoms with Gasteiger partial charge in [0.1, 0.15) is 0 Å². The average molecular weight is 145 g/mol. The van der Waals surface area contributed by atoms with Crippen molar-refractivity contribution in [3.8, 4) is 0 Å². The van der Waals surface area contributed by atoms with Crippen molar-refractivity contribution in [2.45, 2.75) is 6.42 Å². The van der Waals surface area contributed by atoms with E-state index in [0.717, 1.165) is 6.42 Å². The van der Waals surface area contributed by atoms with Crippen molar-refractivity contribution in [2.24, 2.45) is 0 Å². The Hall–Kier alpha value is -1.24. The molecule has 0 aliphatic heterocycles. The minimum atomic E-state index is 1.08. The van der Waals surface area contributed by atoms with Crippen LogP contribution in [0.2, 0.25) is 0 Å². The summed E-state index contributed by atoms with van der Waals surface area (Å²) in [4.78, 5) is 0. The van der Waals surface area contributed by atoms with Crippen LogP contribution < -0.4 is 5.32 Å². The molecular formula is C10H11N. The number of rotatable bonds is 1. The molecule has 2 rings (SSSR count). The van der Waals surface area contributed by atoms with Gasteiger partial charge in [0, 0.05) is 12.7 Å². The molecular weight excluding hydrogens is 134 g/mol. The molecule has 0 amide bonds. The Labute approximate surface area is 66.7 Å². The standard InChI is InChI=1S/C10H11N/c1-11-10-7-3-5-8-4-2-6-9(8)10/h2-5,7,11H,6H2,1H3. The topological polar surface area (TPSA) is 12.0 Å². The maximum absolute atomic E-state index is 3.19. The molecule has 56 valence electrons. The molecule has 0 atom stereocenters. The van der Waals surface area contributed by atoms with Crippen LogP contribution in [-0.4, -0.2) is 7.05 Å². The summed E-state index contributed by atoms with van der Waals surface area (Å²) in [6, 6.07) is 6.35. The first-order valence-electron chi connectivity index (χ1n) is 3.88. The van der Waals surface area contributed by atoms with Crippen LogP contribution >= 0.6 is 0 Å². The highest BCUT2D eigenvalue weighted by atomic mass is 14.8. The van der Waals surface area contributed by atoms with E-state index in [0.29, 0.717) is 0 Å². The summed E-state index contributed by atoms with van der Waals surface area (Å²) in [5, 5.41) is 3.19. The van der Waals surface area contributed by atoms with E-state index in [9.17, 15) is 0 Å². The summed E-state index contributed by atoms with van der Waals surface area (Å²) < 4.78 is 0. The zero-order valence-corrected chi connectivity index (χ0v) is 6.59. The van der Waals surface area contributed by atoms with E-state index in [2.05, 4.69) is 35.7 Å². The highest BCUT2D eigenvalue weighted by Gasteiger charge is 2.07. The second-order valence-electron chi connectivity index (χ2n) is 2.73. The van der Waals surface area contributed by atoms with Crippen LogP contribution in [0.5, 0.6) is 0 Å². The predicted octanol–water partition coefficient (Wildman–Crippen LogP) is 2.30. The molecule has 0 bridgehead atoms. The first kappa shape index (κ1) is 6.47. The van der Waals surface area contributed by atoms with Crippen molar-refractivity contribution < 1.29 is 0 Å². The van der Waals surface area contributed by atoms with Crippen molar-refractivity contribution in [2.75, 3.05) is 12.4 Å². The normalized spacial score (nSPS) is 13.2. The quantitative estimate of drug-likeness (QED) is 0.639. The molecule has 0 fully saturated rings. The number of allylic oxidation sites excluding steroid dienone is 1. The monoisotopic (exact) mass is 145 g/mol. The Bertz CT molecular complexity index is 300. The molecule has 11 heavy (non-hydrogen) atoms. The van der Waals surface area contributed by atoms with Crippen LogP contribution in [0.3, 0.4) is 0 Å². The van der Waals surface area contributed by atoms with Gasteiger partial charge in [0.2, 0.25) is 0 Å². The maximum atomic E-state index is 3.19. The van der Waals surface area contributed by atoms with Gasteiger partial charge in [-0.15, -0.1) is 0 Å². The molecule has 0 saturated heterocycles. The summed E-state index contributed by atoms with van der Waals surface area (Å²) in [5.41, 5.74) is 4.04. The summed E-state index contributed by atoms with van der Waals surface area (Å²) >= 11 is 0. The van der Waals surface area contributed by atoms with Crippen LogP contribution in [0.15, 0.2) is 24.3 Å². The zero-order valence-electron chi connectivity index (χ0n) is 6.59. The first-order valence-corrected chi connectivity index (χ1v) is 3.88. The Kier molecular flexibility index (Phi) is 1.42. The van der Waals surface area contributed by atoms with Crippen molar-refractivity contribution >= 4 is 11.8 Å². The molecule has 1 N–H and O–H groups in total. The molecule has 0 heterocycles. The molecule has 1 heteroatoms. The van der Waals surface area contributed by atoms with Crippen molar-refractivity contribution in [3.05, 3.63) is 35.4 Å². The Morgan fingerprint density at radius 1 is 1.36 bits per heavy atom. The smallest absolute Gasteiger partial charge is 0.0379 e. The van der Waals surface area contributed by atoms with Crippen LogP contribution in [0.4, 0.5) is 5.69 Å². The number of hydrogen-bond acceptors (Lipinski definition) is 1. The lowest BCUT2D eigenvalue weighted by Crippen LogP contribution is -1.93. The van der Waals surface area contributed by atoms with Gasteiger partial charge in [0.05, 0.1) is 0 Å². The fraction of sp³-hybridized carbons (Fsp3) is 0.200. The molecule has 1 aromatic rings. The van der Waals surface area contributed by atoms with Gasteiger partial charge in [-0.3, -0.25) is 0 Å². The highest BCUT2D eigenvalue weighted by Crippen LogP contribution is 2.26. The van der Waals surface area contributed by atoms with E-state index < -0.39 is 0 Å². The van der Waals surface area contributed by atoms with Crippen LogP contribution in [0, 0.1) is 0 Å². The first-order chi connectivity index (χ1) is 5.42. The third kappa shape index (κ3) is 0.929. The molecule has 0 spiro atoms. The summed E-state index contributed by atoms with van der Waals surface area (Å²) in [5.74, 6) is 0. The van der Waals surface area contributed by atoms with Crippen molar-refractivity contribution in [3.63, 3.8) is 0 Å². The van der Waals surface area contributed by atoms with Gasteiger partial charge in [-0.05, 0) is 23.6 Å². The Balaban J connectivity index is 2.55. The van der Waals surface area contributed by atoms with Crippen molar-refractivity contribution in [1.82, 2.24) is 0 Å². The van der Waals surface area contributed by atoms with Crippen LogP contribution in [-0.2, 0) is 6.42 Å². The van der Waals surface area contributed by atoms with Crippen molar-refractivity contribution in [1.29, 1.82) is 0 Å². The highest BCUT2D eigenvalue weighted by molar-refractivity contribution is 5.69. The third-order valence-corrected chi connectivity index (χ3v) is 2.10. The third-order valence-electron chi connectivity index (χ3n) is 2.10. The van der Waals surface area contributed by atoms with E-state index in [4.69, 9.17) is 0 Å². The van der Waals surface area contributed by atoms with Gasteiger partial charge in [-0.1, -0.05) is 24.3 Å². The average Bonchev–Trinajstić information content (AvgIpc) is 2.50. The molecule has 1 aliphatic rings. The molecule has 0 aromatic heterocycles. The lowest BCUT2D eigenvalue weighted by Gasteiger charge is -2.06. The van der Waals surface area contributed by atoms with E-state index in [1.165, 1.54) is 16.8 Å². The molecule has 1 aliphatic carbocycles. The van der Waals surface area contributed by atoms with Gasteiger partial charge in [-0.25, -0.2) is 0 Å². The van der Waals surface area contributed by atoms with Gasteiger partial charge >= 0.3 is 0 Å². The molecule has 0 saturated carbocycles. The fourth-order valence-corrected chi connectivity index (χ4v) is 1.53. The minimum Gasteiger partial charge on any atom is -0.388 e. The Morgan fingerprint density at radius 3 is 3.09 bits per heavy atom. The summed E-state index contributed by atoms with van der Waals surface area (Å²) in [6.45, 7) is 0. The lowest BCUT2D eigenvalue weighted by atomic mass is 10.1. The van der Waals surface area contributed by atoms with E-state index in [-0.39, 0.29) is 0 Å². The number of benzene rings is 1. The summed E-state index contributed by atoms with van der Waals surface area (Å²) in [7, 11) is 1.97. The zero-order chi connectivity index (χ0) is 7.68. The maximum Gasteiger partial charge on any atom is 0.0379 e. The fourth-order valence-electron chi connectivity index (χ4n) is 1.53. The SMILES string of the molecule is CNc1cccc2c1CC=C2. The number of nitrogens with one attached hydrogen (secondary N) is 1. The van der Waals surface area contributed by atoms with Gasteiger partial charge in [0.15, 0.2) is 0 Å². The van der Waals surface area contributed by atoms with E-state index in [1.54, 1.807) is 0 Å². The predicted molar refractivity (Wildman–Crippen MR) is 48.7 cm³/mol. The van der Waals surface area contributed by atoms with Gasteiger partial charge < -0.3 is 5.32 Å².